The van der Waals surface area contributed by atoms with Crippen LogP contribution in [0.15, 0.2) is 48.7 Å². The highest BCUT2D eigenvalue weighted by Gasteiger charge is 2.28. The summed E-state index contributed by atoms with van der Waals surface area (Å²) in [5.74, 6) is -0.170. The Bertz CT molecular complexity index is 1270. The predicted octanol–water partition coefficient (Wildman–Crippen LogP) is 3.09. The number of anilines is 1. The maximum atomic E-state index is 13.1. The Kier molecular flexibility index (Phi) is 5.11. The highest BCUT2D eigenvalue weighted by atomic mass is 35.5. The van der Waals surface area contributed by atoms with Crippen LogP contribution in [0.1, 0.15) is 10.5 Å². The van der Waals surface area contributed by atoms with Crippen molar-refractivity contribution in [1.29, 1.82) is 0 Å². The average molecular weight is 435 g/mol. The molecule has 0 saturated carbocycles. The van der Waals surface area contributed by atoms with E-state index in [9.17, 15) is 4.79 Å². The van der Waals surface area contributed by atoms with Crippen LogP contribution in [0.2, 0.25) is 5.02 Å². The molecule has 0 amide bonds. The lowest BCUT2D eigenvalue weighted by atomic mass is 10.0. The number of ether oxygens (including phenoxy) is 1. The van der Waals surface area contributed by atoms with Gasteiger partial charge in [-0.2, -0.15) is 5.10 Å². The number of nitrogens with one attached hydrogen (secondary N) is 2. The number of Topliss-reactive ketones (excluding diaryl/α,β-unsaturated/α-hetero) is 1. The van der Waals surface area contributed by atoms with Gasteiger partial charge in [0.2, 0.25) is 5.78 Å². The number of carbonyl (C=O) groups is 1. The van der Waals surface area contributed by atoms with E-state index in [4.69, 9.17) is 27.1 Å². The zero-order valence-corrected chi connectivity index (χ0v) is 17.2. The molecule has 1 fully saturated rings. The van der Waals surface area contributed by atoms with Gasteiger partial charge in [0.25, 0.3) is 0 Å². The van der Waals surface area contributed by atoms with E-state index in [-0.39, 0.29) is 23.9 Å². The topological polar surface area (TPSA) is 119 Å². The van der Waals surface area contributed by atoms with Crippen molar-refractivity contribution in [2.45, 2.75) is 6.04 Å². The molecule has 2 aromatic heterocycles. The van der Waals surface area contributed by atoms with Gasteiger partial charge in [0.15, 0.2) is 11.5 Å². The van der Waals surface area contributed by atoms with Crippen molar-refractivity contribution in [2.24, 2.45) is 0 Å². The van der Waals surface area contributed by atoms with E-state index in [1.165, 1.54) is 0 Å². The number of morpholine rings is 1. The van der Waals surface area contributed by atoms with E-state index in [0.29, 0.717) is 35.1 Å². The molecule has 0 bridgehead atoms. The van der Waals surface area contributed by atoms with Gasteiger partial charge >= 0.3 is 0 Å². The molecule has 31 heavy (non-hydrogen) atoms. The van der Waals surface area contributed by atoms with Crippen LogP contribution in [0.25, 0.3) is 33.4 Å². The Morgan fingerprint density at radius 3 is 2.71 bits per heavy atom. The Balaban J connectivity index is 1.70. The molecule has 156 valence electrons. The minimum absolute atomic E-state index is 0.0791. The highest BCUT2D eigenvalue weighted by Crippen LogP contribution is 2.35. The van der Waals surface area contributed by atoms with Crippen LogP contribution in [0.5, 0.6) is 0 Å². The molecule has 5 rings (SSSR count). The summed E-state index contributed by atoms with van der Waals surface area (Å²) in [6, 6.07) is 12.8. The molecule has 2 aromatic carbocycles. The summed E-state index contributed by atoms with van der Waals surface area (Å²) >= 11 is 6.47. The lowest BCUT2D eigenvalue weighted by Gasteiger charge is -2.23. The number of nitrogens with two attached hydrogens (primary N) is 1. The normalized spacial score (nSPS) is 16.5. The number of H-pyrrole nitrogens is 1. The first-order chi connectivity index (χ1) is 15.1. The Hall–Kier alpha value is -3.33. The summed E-state index contributed by atoms with van der Waals surface area (Å²) in [6.07, 6.45) is 1.69. The van der Waals surface area contributed by atoms with E-state index < -0.39 is 6.04 Å². The van der Waals surface area contributed by atoms with Crippen LogP contribution in [-0.4, -0.2) is 51.7 Å². The summed E-state index contributed by atoms with van der Waals surface area (Å²) in [5, 5.41) is 11.4. The summed E-state index contributed by atoms with van der Waals surface area (Å²) in [6.45, 7) is 1.42. The standard InChI is InChI=1S/C22H19ClN6O2/c23-15-9-13(8-14-10-26-29-17(14)15)19-18(12-4-2-1-3-5-12)28-22(24)20(27-19)21(30)16-11-31-7-6-25-16/h1-5,8-10,16,25H,6-7,11H2,(H2,24,28)(H,26,29). The first kappa shape index (κ1) is 19.6. The molecule has 8 nitrogen and oxygen atoms in total. The van der Waals surface area contributed by atoms with Gasteiger partial charge in [-0.3, -0.25) is 9.89 Å². The molecular weight excluding hydrogens is 416 g/mol. The molecule has 1 aliphatic heterocycles. The molecule has 4 aromatic rings. The number of nitrogens with zero attached hydrogens (tertiary/aromatic N) is 3. The molecule has 1 saturated heterocycles. The molecular formula is C22H19ClN6O2. The Morgan fingerprint density at radius 2 is 1.94 bits per heavy atom. The van der Waals surface area contributed by atoms with Gasteiger partial charge < -0.3 is 15.8 Å². The van der Waals surface area contributed by atoms with E-state index in [1.807, 2.05) is 36.4 Å². The molecule has 0 radical (unpaired) electrons. The van der Waals surface area contributed by atoms with Crippen molar-refractivity contribution in [3.05, 3.63) is 59.4 Å². The molecule has 1 atom stereocenters. The fourth-order valence-corrected chi connectivity index (χ4v) is 3.95. The number of benzene rings is 2. The zero-order chi connectivity index (χ0) is 21.4. The third kappa shape index (κ3) is 3.65. The van der Waals surface area contributed by atoms with Crippen LogP contribution in [-0.2, 0) is 4.74 Å². The summed E-state index contributed by atoms with van der Waals surface area (Å²) < 4.78 is 5.43. The fourth-order valence-electron chi connectivity index (χ4n) is 3.68. The minimum Gasteiger partial charge on any atom is -0.382 e. The number of fused-ring (bicyclic) bond motifs is 1. The van der Waals surface area contributed by atoms with Gasteiger partial charge in [-0.15, -0.1) is 0 Å². The van der Waals surface area contributed by atoms with Gasteiger partial charge in [-0.05, 0) is 12.1 Å². The molecule has 4 N–H and O–H groups in total. The number of nitrogen functional groups attached to an aromatic ring is 1. The van der Waals surface area contributed by atoms with Crippen LogP contribution in [0.4, 0.5) is 5.82 Å². The molecule has 0 aliphatic carbocycles. The Morgan fingerprint density at radius 1 is 1.13 bits per heavy atom. The van der Waals surface area contributed by atoms with E-state index in [2.05, 4.69) is 20.5 Å². The van der Waals surface area contributed by atoms with Crippen molar-refractivity contribution < 1.29 is 9.53 Å². The smallest absolute Gasteiger partial charge is 0.204 e. The zero-order valence-electron chi connectivity index (χ0n) is 16.4. The maximum Gasteiger partial charge on any atom is 0.204 e. The van der Waals surface area contributed by atoms with Crippen molar-refractivity contribution in [3.63, 3.8) is 0 Å². The molecule has 1 aliphatic rings. The summed E-state index contributed by atoms with van der Waals surface area (Å²) in [4.78, 5) is 22.4. The fraction of sp³-hybridized carbons (Fsp3) is 0.182. The number of rotatable bonds is 4. The number of carbonyl (C=O) groups excluding carboxylic acids is 1. The first-order valence-corrected chi connectivity index (χ1v) is 10.2. The largest absolute Gasteiger partial charge is 0.382 e. The maximum absolute atomic E-state index is 13.1. The molecule has 0 spiro atoms. The predicted molar refractivity (Wildman–Crippen MR) is 119 cm³/mol. The van der Waals surface area contributed by atoms with Gasteiger partial charge in [-0.25, -0.2) is 9.97 Å². The van der Waals surface area contributed by atoms with Crippen molar-refractivity contribution >= 4 is 34.1 Å². The molecule has 1 unspecified atom stereocenters. The summed E-state index contributed by atoms with van der Waals surface area (Å²) in [7, 11) is 0. The van der Waals surface area contributed by atoms with Gasteiger partial charge in [0.05, 0.1) is 47.4 Å². The average Bonchev–Trinajstić information content (AvgIpc) is 3.29. The quantitative estimate of drug-likeness (QED) is 0.422. The monoisotopic (exact) mass is 434 g/mol. The van der Waals surface area contributed by atoms with Crippen molar-refractivity contribution in [1.82, 2.24) is 25.5 Å². The van der Waals surface area contributed by atoms with Crippen LogP contribution in [0.3, 0.4) is 0 Å². The van der Waals surface area contributed by atoms with Crippen LogP contribution >= 0.6 is 11.6 Å². The molecule has 9 heteroatoms. The minimum atomic E-state index is -0.513. The lowest BCUT2D eigenvalue weighted by molar-refractivity contribution is 0.0604. The third-order valence-corrected chi connectivity index (χ3v) is 5.51. The Labute approximate surface area is 182 Å². The summed E-state index contributed by atoms with van der Waals surface area (Å²) in [5.41, 5.74) is 9.69. The second-order valence-electron chi connectivity index (χ2n) is 7.26. The van der Waals surface area contributed by atoms with Crippen LogP contribution < -0.4 is 11.1 Å². The number of aromatic nitrogens is 4. The highest BCUT2D eigenvalue weighted by molar-refractivity contribution is 6.35. The number of hydrogen-bond donors (Lipinski definition) is 3. The third-order valence-electron chi connectivity index (χ3n) is 5.22. The lowest BCUT2D eigenvalue weighted by Crippen LogP contribution is -2.47. The van der Waals surface area contributed by atoms with Gasteiger partial charge in [0, 0.05) is 23.1 Å². The number of hydrogen-bond acceptors (Lipinski definition) is 7. The van der Waals surface area contributed by atoms with E-state index in [0.717, 1.165) is 16.5 Å². The second-order valence-corrected chi connectivity index (χ2v) is 7.67. The van der Waals surface area contributed by atoms with Crippen molar-refractivity contribution in [2.75, 3.05) is 25.5 Å². The van der Waals surface area contributed by atoms with Crippen molar-refractivity contribution in [3.8, 4) is 22.5 Å². The van der Waals surface area contributed by atoms with Crippen LogP contribution in [0, 0.1) is 0 Å². The number of aromatic amines is 1. The van der Waals surface area contributed by atoms with E-state index in [1.54, 1.807) is 12.3 Å². The first-order valence-electron chi connectivity index (χ1n) is 9.83. The SMILES string of the molecule is Nc1nc(-c2ccccc2)c(-c2cc(Cl)c3[nH]ncc3c2)nc1C(=O)C1COCCN1. The van der Waals surface area contributed by atoms with E-state index >= 15 is 0 Å². The molecule has 3 heterocycles. The number of halogens is 1. The number of ketones is 1. The van der Waals surface area contributed by atoms with Gasteiger partial charge in [-0.1, -0.05) is 41.9 Å². The van der Waals surface area contributed by atoms with Gasteiger partial charge in [0.1, 0.15) is 0 Å². The second kappa shape index (κ2) is 8.07.